The Morgan fingerprint density at radius 3 is 2.64 bits per heavy atom. The number of aryl methyl sites for hydroxylation is 1. The van der Waals surface area contributed by atoms with Crippen LogP contribution in [0.3, 0.4) is 0 Å². The number of nitrogens with zero attached hydrogens (tertiary/aromatic N) is 2. The highest BCUT2D eigenvalue weighted by atomic mass is 16.4. The Balaban J connectivity index is 1.57. The van der Waals surface area contributed by atoms with E-state index in [1.807, 2.05) is 36.1 Å². The zero-order valence-corrected chi connectivity index (χ0v) is 16.2. The molecule has 2 N–H and O–H groups in total. The third-order valence-electron chi connectivity index (χ3n) is 5.85. The van der Waals surface area contributed by atoms with Gasteiger partial charge in [0.2, 0.25) is 5.91 Å². The Labute approximate surface area is 163 Å². The van der Waals surface area contributed by atoms with Crippen molar-refractivity contribution < 1.29 is 14.7 Å². The second-order valence-electron chi connectivity index (χ2n) is 7.48. The Morgan fingerprint density at radius 2 is 1.93 bits per heavy atom. The number of hydrogen-bond donors (Lipinski definition) is 2. The molecule has 1 saturated heterocycles. The van der Waals surface area contributed by atoms with Gasteiger partial charge < -0.3 is 15.0 Å². The number of carboxylic acids is 1. The van der Waals surface area contributed by atoms with Crippen molar-refractivity contribution in [1.82, 2.24) is 9.47 Å². The molecule has 2 aromatic carbocycles. The van der Waals surface area contributed by atoms with Gasteiger partial charge in [-0.15, -0.1) is 0 Å². The average Bonchev–Trinajstić information content (AvgIpc) is 3.30. The summed E-state index contributed by atoms with van der Waals surface area (Å²) in [6.07, 6.45) is 0.593. The predicted octanol–water partition coefficient (Wildman–Crippen LogP) is 3.55. The molecule has 0 aliphatic carbocycles. The lowest BCUT2D eigenvalue weighted by Gasteiger charge is -2.23. The van der Waals surface area contributed by atoms with E-state index in [9.17, 15) is 9.59 Å². The normalized spacial score (nSPS) is 18.6. The minimum Gasteiger partial charge on any atom is -0.481 e. The first-order valence-corrected chi connectivity index (χ1v) is 9.78. The van der Waals surface area contributed by atoms with Crippen LogP contribution in [0.15, 0.2) is 42.5 Å². The molecular weight excluding hydrogens is 354 g/mol. The summed E-state index contributed by atoms with van der Waals surface area (Å²) in [7, 11) is 0. The molecule has 6 heteroatoms. The van der Waals surface area contributed by atoms with E-state index in [2.05, 4.69) is 35.0 Å². The maximum Gasteiger partial charge on any atom is 0.307 e. The van der Waals surface area contributed by atoms with Crippen molar-refractivity contribution in [3.63, 3.8) is 0 Å². The number of benzene rings is 2. The lowest BCUT2D eigenvalue weighted by molar-refractivity contribution is -0.141. The van der Waals surface area contributed by atoms with Crippen LogP contribution >= 0.6 is 0 Å². The lowest BCUT2D eigenvalue weighted by atomic mass is 10.1. The van der Waals surface area contributed by atoms with Crippen LogP contribution in [-0.4, -0.2) is 45.6 Å². The lowest BCUT2D eigenvalue weighted by Crippen LogP contribution is -2.41. The van der Waals surface area contributed by atoms with Crippen LogP contribution in [0.1, 0.15) is 20.3 Å². The third-order valence-corrected chi connectivity index (χ3v) is 5.85. The molecule has 28 heavy (non-hydrogen) atoms. The van der Waals surface area contributed by atoms with Gasteiger partial charge in [0.25, 0.3) is 0 Å². The summed E-state index contributed by atoms with van der Waals surface area (Å²) in [5.41, 5.74) is 3.10. The van der Waals surface area contributed by atoms with Crippen LogP contribution in [0.2, 0.25) is 0 Å². The number of carboxylic acid groups (broad SMARTS) is 1. The van der Waals surface area contributed by atoms with E-state index in [1.54, 1.807) is 0 Å². The Bertz CT molecular complexity index is 1060. The van der Waals surface area contributed by atoms with E-state index in [-0.39, 0.29) is 17.9 Å². The Kier molecular flexibility index (Phi) is 4.81. The fourth-order valence-corrected chi connectivity index (χ4v) is 4.23. The van der Waals surface area contributed by atoms with E-state index in [0.717, 1.165) is 23.1 Å². The highest BCUT2D eigenvalue weighted by Gasteiger charge is 2.33. The average molecular weight is 379 g/mol. The summed E-state index contributed by atoms with van der Waals surface area (Å²) in [6.45, 7) is 5.90. The van der Waals surface area contributed by atoms with Gasteiger partial charge in [-0.25, -0.2) is 0 Å². The molecule has 4 rings (SSSR count). The fourth-order valence-electron chi connectivity index (χ4n) is 4.23. The molecule has 1 aliphatic heterocycles. The number of anilines is 1. The van der Waals surface area contributed by atoms with Crippen LogP contribution in [0.4, 0.5) is 5.69 Å². The Morgan fingerprint density at radius 1 is 1.18 bits per heavy atom. The molecule has 1 aliphatic rings. The van der Waals surface area contributed by atoms with Gasteiger partial charge in [0, 0.05) is 40.6 Å². The van der Waals surface area contributed by atoms with Gasteiger partial charge in [-0.1, -0.05) is 18.2 Å². The molecule has 2 unspecified atom stereocenters. The standard InChI is InChI=1S/C22H25N3O3/c1-3-25-19-7-5-4-6-17(19)18-12-16(8-9-20(18)25)23-21(26)14(2)24-11-10-15(13-24)22(27)28/h4-9,12,14-15H,3,10-11,13H2,1-2H3,(H,23,26)(H,27,28). The zero-order chi connectivity index (χ0) is 19.8. The van der Waals surface area contributed by atoms with E-state index >= 15 is 0 Å². The SMILES string of the molecule is CCn1c2ccccc2c2cc(NC(=O)C(C)N3CCC(C(=O)O)C3)ccc21. The molecule has 1 fully saturated rings. The molecule has 0 radical (unpaired) electrons. The monoisotopic (exact) mass is 379 g/mol. The third kappa shape index (κ3) is 3.14. The summed E-state index contributed by atoms with van der Waals surface area (Å²) < 4.78 is 2.27. The summed E-state index contributed by atoms with van der Waals surface area (Å²) >= 11 is 0. The minimum absolute atomic E-state index is 0.107. The fraction of sp³-hybridized carbons (Fsp3) is 0.364. The van der Waals surface area contributed by atoms with Gasteiger partial charge >= 0.3 is 5.97 Å². The number of para-hydroxylation sites is 1. The van der Waals surface area contributed by atoms with Gasteiger partial charge in [0.05, 0.1) is 12.0 Å². The van der Waals surface area contributed by atoms with Crippen LogP contribution < -0.4 is 5.32 Å². The number of aliphatic carboxylic acids is 1. The number of likely N-dealkylation sites (tertiary alicyclic amines) is 1. The number of aromatic nitrogens is 1. The van der Waals surface area contributed by atoms with Crippen molar-refractivity contribution in [2.75, 3.05) is 18.4 Å². The topological polar surface area (TPSA) is 74.6 Å². The van der Waals surface area contributed by atoms with E-state index in [1.165, 1.54) is 10.9 Å². The largest absolute Gasteiger partial charge is 0.481 e. The first kappa shape index (κ1) is 18.5. The number of carbonyl (C=O) groups excluding carboxylic acids is 1. The molecule has 1 amide bonds. The van der Waals surface area contributed by atoms with E-state index in [0.29, 0.717) is 19.5 Å². The van der Waals surface area contributed by atoms with E-state index < -0.39 is 5.97 Å². The molecule has 1 aromatic heterocycles. The summed E-state index contributed by atoms with van der Waals surface area (Å²) in [4.78, 5) is 25.8. The number of fused-ring (bicyclic) bond motifs is 3. The van der Waals surface area contributed by atoms with Gasteiger partial charge in [0.1, 0.15) is 0 Å². The van der Waals surface area contributed by atoms with Crippen molar-refractivity contribution in [3.8, 4) is 0 Å². The maximum absolute atomic E-state index is 12.7. The highest BCUT2D eigenvalue weighted by Crippen LogP contribution is 2.31. The number of rotatable bonds is 5. The molecule has 2 atom stereocenters. The number of nitrogens with one attached hydrogen (secondary N) is 1. The number of hydrogen-bond acceptors (Lipinski definition) is 3. The summed E-state index contributed by atoms with van der Waals surface area (Å²) in [5.74, 6) is -1.27. The molecule has 6 nitrogen and oxygen atoms in total. The molecule has 0 saturated carbocycles. The molecule has 146 valence electrons. The van der Waals surface area contributed by atoms with Crippen molar-refractivity contribution in [2.24, 2.45) is 5.92 Å². The quantitative estimate of drug-likeness (QED) is 0.711. The van der Waals surface area contributed by atoms with Gasteiger partial charge in [-0.3, -0.25) is 14.5 Å². The second-order valence-corrected chi connectivity index (χ2v) is 7.48. The van der Waals surface area contributed by atoms with Gasteiger partial charge in [0.15, 0.2) is 0 Å². The number of amides is 1. The molecule has 0 spiro atoms. The second kappa shape index (κ2) is 7.28. The summed E-state index contributed by atoms with van der Waals surface area (Å²) in [6, 6.07) is 13.9. The van der Waals surface area contributed by atoms with Crippen LogP contribution in [0, 0.1) is 5.92 Å². The molecule has 0 bridgehead atoms. The van der Waals surface area contributed by atoms with Crippen molar-refractivity contribution in [3.05, 3.63) is 42.5 Å². The van der Waals surface area contributed by atoms with E-state index in [4.69, 9.17) is 5.11 Å². The van der Waals surface area contributed by atoms with Crippen molar-refractivity contribution in [2.45, 2.75) is 32.9 Å². The van der Waals surface area contributed by atoms with Gasteiger partial charge in [-0.2, -0.15) is 0 Å². The van der Waals surface area contributed by atoms with Gasteiger partial charge in [-0.05, 0) is 51.1 Å². The molecular formula is C22H25N3O3. The first-order chi connectivity index (χ1) is 13.5. The predicted molar refractivity (Wildman–Crippen MR) is 111 cm³/mol. The molecule has 2 heterocycles. The number of carbonyl (C=O) groups is 2. The maximum atomic E-state index is 12.7. The minimum atomic E-state index is -0.784. The van der Waals surface area contributed by atoms with Crippen molar-refractivity contribution in [1.29, 1.82) is 0 Å². The van der Waals surface area contributed by atoms with Crippen LogP contribution in [-0.2, 0) is 16.1 Å². The van der Waals surface area contributed by atoms with Crippen LogP contribution in [0.25, 0.3) is 21.8 Å². The van der Waals surface area contributed by atoms with Crippen LogP contribution in [0.5, 0.6) is 0 Å². The summed E-state index contributed by atoms with van der Waals surface area (Å²) in [5, 5.41) is 14.5. The zero-order valence-electron chi connectivity index (χ0n) is 16.2. The van der Waals surface area contributed by atoms with Crippen molar-refractivity contribution >= 4 is 39.4 Å². The molecule has 3 aromatic rings. The smallest absolute Gasteiger partial charge is 0.307 e. The first-order valence-electron chi connectivity index (χ1n) is 9.78. The highest BCUT2D eigenvalue weighted by molar-refractivity contribution is 6.10. The Hall–Kier alpha value is -2.86.